The standard InChI is InChI=1S/C4H7NO4.K.H2O/c5-2(4(8)9)1-3(6)7;;/h2H,1,5H2,(H,6,7)(H,8,9);;1H2/q;+1;/p-1. The van der Waals surface area contributed by atoms with Crippen LogP contribution in [0.5, 0.6) is 0 Å². The van der Waals surface area contributed by atoms with Crippen molar-refractivity contribution in [3.63, 3.8) is 0 Å². The first-order chi connectivity index (χ1) is 4.04. The van der Waals surface area contributed by atoms with Gasteiger partial charge in [-0.3, -0.25) is 4.79 Å². The number of carbonyl (C=O) groups is 2. The average Bonchev–Trinajstić information content (AvgIpc) is 1.63. The van der Waals surface area contributed by atoms with Gasteiger partial charge in [0.15, 0.2) is 0 Å². The fourth-order valence-corrected chi connectivity index (χ4v) is 0.271. The van der Waals surface area contributed by atoms with Gasteiger partial charge in [0, 0.05) is 0 Å². The maximum atomic E-state index is 9.74. The van der Waals surface area contributed by atoms with Gasteiger partial charge >= 0.3 is 57.4 Å². The molecule has 0 aliphatic carbocycles. The largest absolute Gasteiger partial charge is 1.00 e. The van der Waals surface area contributed by atoms with E-state index < -0.39 is 24.4 Å². The zero-order chi connectivity index (χ0) is 7.44. The third-order valence-electron chi connectivity index (χ3n) is 0.697. The first kappa shape index (κ1) is 17.5. The van der Waals surface area contributed by atoms with E-state index in [9.17, 15) is 14.7 Å². The van der Waals surface area contributed by atoms with Crippen LogP contribution in [0, 0.1) is 0 Å². The molecule has 0 aliphatic rings. The number of nitrogens with two attached hydrogens (primary N) is 1. The van der Waals surface area contributed by atoms with Crippen LogP contribution < -0.4 is 62.2 Å². The molecule has 0 aromatic carbocycles. The molecule has 0 saturated carbocycles. The van der Waals surface area contributed by atoms with Crippen molar-refractivity contribution in [1.29, 1.82) is 0 Å². The van der Waals surface area contributed by atoms with Gasteiger partial charge in [0.1, 0.15) is 0 Å². The Bertz CT molecular complexity index is 138. The van der Waals surface area contributed by atoms with E-state index in [-0.39, 0.29) is 56.9 Å². The van der Waals surface area contributed by atoms with E-state index in [2.05, 4.69) is 0 Å². The summed E-state index contributed by atoms with van der Waals surface area (Å²) in [5, 5.41) is 17.7. The fraction of sp³-hybridized carbons (Fsp3) is 0.500. The summed E-state index contributed by atoms with van der Waals surface area (Å²) in [7, 11) is 0. The minimum Gasteiger partial charge on any atom is -0.548 e. The van der Waals surface area contributed by atoms with E-state index in [1.54, 1.807) is 0 Å². The number of carboxylic acid groups (broad SMARTS) is 2. The number of hydrogen-bond donors (Lipinski definition) is 2. The maximum Gasteiger partial charge on any atom is 1.00 e. The fourth-order valence-electron chi connectivity index (χ4n) is 0.271. The topological polar surface area (TPSA) is 135 Å². The van der Waals surface area contributed by atoms with Gasteiger partial charge in [0.25, 0.3) is 0 Å². The Labute approximate surface area is 105 Å². The third kappa shape index (κ3) is 10.5. The third-order valence-corrected chi connectivity index (χ3v) is 0.697. The summed E-state index contributed by atoms with van der Waals surface area (Å²) < 4.78 is 0. The van der Waals surface area contributed by atoms with Gasteiger partial charge in [-0.2, -0.15) is 0 Å². The van der Waals surface area contributed by atoms with Crippen molar-refractivity contribution in [2.45, 2.75) is 12.5 Å². The number of carbonyl (C=O) groups excluding carboxylic acids is 1. The number of carboxylic acids is 2. The zero-order valence-electron chi connectivity index (χ0n) is 6.03. The Morgan fingerprint density at radius 3 is 2.00 bits per heavy atom. The minimum atomic E-state index is -1.54. The molecule has 0 aromatic heterocycles. The molecular weight excluding hydrogens is 181 g/mol. The van der Waals surface area contributed by atoms with Crippen LogP contribution in [0.1, 0.15) is 6.42 Å². The zero-order valence-corrected chi connectivity index (χ0v) is 9.16. The molecule has 0 heterocycles. The molecular formula is C4H8KNO5. The van der Waals surface area contributed by atoms with E-state index >= 15 is 0 Å². The molecule has 60 valence electrons. The molecule has 0 radical (unpaired) electrons. The Kier molecular flexibility index (Phi) is 13.7. The van der Waals surface area contributed by atoms with Crippen molar-refractivity contribution < 1.29 is 76.7 Å². The Morgan fingerprint density at radius 1 is 1.55 bits per heavy atom. The monoisotopic (exact) mass is 189 g/mol. The maximum absolute atomic E-state index is 9.74. The van der Waals surface area contributed by atoms with E-state index in [0.717, 1.165) is 0 Å². The molecule has 6 nitrogen and oxygen atoms in total. The normalized spacial score (nSPS) is 10.3. The smallest absolute Gasteiger partial charge is 0.548 e. The van der Waals surface area contributed by atoms with E-state index in [1.165, 1.54) is 0 Å². The molecule has 0 bridgehead atoms. The second-order valence-corrected chi connectivity index (χ2v) is 1.52. The minimum absolute atomic E-state index is 0. The van der Waals surface area contributed by atoms with Crippen LogP contribution in [0.2, 0.25) is 0 Å². The summed E-state index contributed by atoms with van der Waals surface area (Å²) in [6.07, 6.45) is -0.595. The van der Waals surface area contributed by atoms with Crippen molar-refractivity contribution in [2.24, 2.45) is 5.73 Å². The summed E-state index contributed by atoms with van der Waals surface area (Å²) in [6.45, 7) is 0. The summed E-state index contributed by atoms with van der Waals surface area (Å²) >= 11 is 0. The summed E-state index contributed by atoms with van der Waals surface area (Å²) in [5.74, 6) is -2.79. The quantitative estimate of drug-likeness (QED) is 0.426. The second kappa shape index (κ2) is 8.59. The number of rotatable bonds is 3. The van der Waals surface area contributed by atoms with Crippen molar-refractivity contribution in [3.05, 3.63) is 0 Å². The number of hydrogen-bond acceptors (Lipinski definition) is 4. The molecule has 1 unspecified atom stereocenters. The van der Waals surface area contributed by atoms with Crippen molar-refractivity contribution >= 4 is 11.9 Å². The molecule has 0 fully saturated rings. The average molecular weight is 189 g/mol. The molecule has 0 saturated heterocycles. The van der Waals surface area contributed by atoms with Crippen LogP contribution in [0.25, 0.3) is 0 Å². The van der Waals surface area contributed by atoms with Crippen LogP contribution in [0.15, 0.2) is 0 Å². The SMILES string of the molecule is NC(CC(=O)O)C(=O)[O-].O.[K+]. The van der Waals surface area contributed by atoms with Crippen LogP contribution in [0.3, 0.4) is 0 Å². The molecule has 7 heteroatoms. The Morgan fingerprint density at radius 2 is 1.91 bits per heavy atom. The predicted octanol–water partition coefficient (Wildman–Crippen LogP) is -6.28. The first-order valence-corrected chi connectivity index (χ1v) is 2.22. The van der Waals surface area contributed by atoms with Crippen molar-refractivity contribution in [3.8, 4) is 0 Å². The van der Waals surface area contributed by atoms with Crippen molar-refractivity contribution in [2.75, 3.05) is 0 Å². The summed E-state index contributed by atoms with van der Waals surface area (Å²) in [6, 6.07) is -1.40. The molecule has 0 aliphatic heterocycles. The molecule has 11 heavy (non-hydrogen) atoms. The summed E-state index contributed by atoms with van der Waals surface area (Å²) in [5.41, 5.74) is 4.77. The molecule has 0 amide bonds. The van der Waals surface area contributed by atoms with Gasteiger partial charge in [-0.05, 0) is 0 Å². The summed E-state index contributed by atoms with van der Waals surface area (Å²) in [4.78, 5) is 19.5. The van der Waals surface area contributed by atoms with Gasteiger partial charge in [0.2, 0.25) is 0 Å². The molecule has 1 atom stereocenters. The van der Waals surface area contributed by atoms with Gasteiger partial charge in [-0.15, -0.1) is 0 Å². The van der Waals surface area contributed by atoms with Crippen LogP contribution >= 0.6 is 0 Å². The first-order valence-electron chi connectivity index (χ1n) is 2.22. The predicted molar refractivity (Wildman–Crippen MR) is 28.8 cm³/mol. The van der Waals surface area contributed by atoms with Gasteiger partial charge < -0.3 is 26.2 Å². The Hall–Kier alpha value is 0.496. The molecule has 5 N–H and O–H groups in total. The molecule has 0 rings (SSSR count). The molecule has 0 aromatic rings. The van der Waals surface area contributed by atoms with Gasteiger partial charge in [0.05, 0.1) is 18.4 Å². The van der Waals surface area contributed by atoms with Crippen LogP contribution in [-0.2, 0) is 9.59 Å². The van der Waals surface area contributed by atoms with Crippen LogP contribution in [-0.4, -0.2) is 28.6 Å². The van der Waals surface area contributed by atoms with Crippen LogP contribution in [0.4, 0.5) is 0 Å². The second-order valence-electron chi connectivity index (χ2n) is 1.52. The van der Waals surface area contributed by atoms with Crippen molar-refractivity contribution in [1.82, 2.24) is 0 Å². The van der Waals surface area contributed by atoms with E-state index in [4.69, 9.17) is 10.8 Å². The Balaban J connectivity index is -0.000000320. The van der Waals surface area contributed by atoms with Gasteiger partial charge in [-0.1, -0.05) is 0 Å². The number of aliphatic carboxylic acids is 2. The molecule has 0 spiro atoms. The van der Waals surface area contributed by atoms with E-state index in [1.807, 2.05) is 0 Å². The van der Waals surface area contributed by atoms with Gasteiger partial charge in [-0.25, -0.2) is 0 Å². The van der Waals surface area contributed by atoms with E-state index in [0.29, 0.717) is 0 Å².